The van der Waals surface area contributed by atoms with Crippen molar-refractivity contribution >= 4 is 44.8 Å². The van der Waals surface area contributed by atoms with E-state index in [2.05, 4.69) is 9.88 Å². The van der Waals surface area contributed by atoms with Crippen LogP contribution in [-0.2, 0) is 16.6 Å². The second-order valence-corrected chi connectivity index (χ2v) is 8.04. The summed E-state index contributed by atoms with van der Waals surface area (Å²) in [6, 6.07) is 13.0. The fourth-order valence-corrected chi connectivity index (χ4v) is 4.11. The van der Waals surface area contributed by atoms with E-state index in [9.17, 15) is 8.42 Å². The van der Waals surface area contributed by atoms with Crippen LogP contribution in [0.2, 0.25) is 15.1 Å². The predicted octanol–water partition coefficient (Wildman–Crippen LogP) is 4.78. The summed E-state index contributed by atoms with van der Waals surface area (Å²) in [5, 5.41) is 4.78. The Labute approximate surface area is 159 Å². The van der Waals surface area contributed by atoms with Gasteiger partial charge in [0.2, 0.25) is 10.0 Å². The third-order valence-corrected chi connectivity index (χ3v) is 5.78. The van der Waals surface area contributed by atoms with Crippen molar-refractivity contribution in [2.45, 2.75) is 11.4 Å². The van der Waals surface area contributed by atoms with Gasteiger partial charge in [0.05, 0.1) is 16.6 Å². The Hall–Kier alpha value is -1.57. The molecule has 0 amide bonds. The fraction of sp³-hybridized carbons (Fsp3) is 0.0625. The van der Waals surface area contributed by atoms with Gasteiger partial charge in [-0.15, -0.1) is 0 Å². The molecule has 0 aliphatic rings. The van der Waals surface area contributed by atoms with E-state index in [4.69, 9.17) is 39.3 Å². The van der Waals surface area contributed by atoms with E-state index in [0.717, 1.165) is 0 Å². The zero-order chi connectivity index (χ0) is 18.0. The van der Waals surface area contributed by atoms with E-state index in [0.29, 0.717) is 22.0 Å². The molecular formula is C16H11Cl3N2O3S. The van der Waals surface area contributed by atoms with E-state index in [1.807, 2.05) is 6.07 Å². The van der Waals surface area contributed by atoms with Crippen molar-refractivity contribution in [3.05, 3.63) is 69.4 Å². The number of hydrogen-bond acceptors (Lipinski definition) is 4. The van der Waals surface area contributed by atoms with Gasteiger partial charge in [-0.1, -0.05) is 58.2 Å². The maximum absolute atomic E-state index is 12.4. The molecule has 5 nitrogen and oxygen atoms in total. The average molecular weight is 418 g/mol. The molecule has 25 heavy (non-hydrogen) atoms. The van der Waals surface area contributed by atoms with Crippen molar-refractivity contribution in [1.82, 2.24) is 9.88 Å². The van der Waals surface area contributed by atoms with Crippen molar-refractivity contribution in [3.63, 3.8) is 0 Å². The van der Waals surface area contributed by atoms with Crippen LogP contribution in [0.15, 0.2) is 57.9 Å². The van der Waals surface area contributed by atoms with E-state index < -0.39 is 10.0 Å². The van der Waals surface area contributed by atoms with Gasteiger partial charge >= 0.3 is 0 Å². The van der Waals surface area contributed by atoms with Crippen molar-refractivity contribution in [1.29, 1.82) is 0 Å². The number of aromatic nitrogens is 1. The molecule has 3 rings (SSSR count). The van der Waals surface area contributed by atoms with Gasteiger partial charge in [0, 0.05) is 16.7 Å². The molecule has 9 heteroatoms. The van der Waals surface area contributed by atoms with E-state index >= 15 is 0 Å². The summed E-state index contributed by atoms with van der Waals surface area (Å²) in [6.45, 7) is -0.0946. The van der Waals surface area contributed by atoms with Gasteiger partial charge in [-0.2, -0.15) is 0 Å². The van der Waals surface area contributed by atoms with Crippen LogP contribution in [0.4, 0.5) is 0 Å². The summed E-state index contributed by atoms with van der Waals surface area (Å²) < 4.78 is 32.3. The number of hydrogen-bond donors (Lipinski definition) is 1. The molecule has 1 N–H and O–H groups in total. The SMILES string of the molecule is O=S(=O)(NCc1cc(-c2ccccc2Cl)no1)c1cc(Cl)ccc1Cl. The highest BCUT2D eigenvalue weighted by Crippen LogP contribution is 2.28. The molecule has 0 unspecified atom stereocenters. The maximum atomic E-state index is 12.4. The van der Waals surface area contributed by atoms with Crippen molar-refractivity contribution < 1.29 is 12.9 Å². The smallest absolute Gasteiger partial charge is 0.242 e. The Morgan fingerprint density at radius 3 is 2.52 bits per heavy atom. The van der Waals surface area contributed by atoms with E-state index in [1.54, 1.807) is 24.3 Å². The first-order valence-electron chi connectivity index (χ1n) is 7.02. The lowest BCUT2D eigenvalue weighted by atomic mass is 10.1. The highest BCUT2D eigenvalue weighted by atomic mass is 35.5. The molecule has 0 saturated heterocycles. The molecule has 0 bridgehead atoms. The van der Waals surface area contributed by atoms with Gasteiger partial charge in [0.25, 0.3) is 0 Å². The number of halogens is 3. The minimum atomic E-state index is -3.86. The van der Waals surface area contributed by atoms with Gasteiger partial charge in [-0.25, -0.2) is 13.1 Å². The van der Waals surface area contributed by atoms with Gasteiger partial charge < -0.3 is 4.52 Å². The normalized spacial score (nSPS) is 11.6. The molecule has 0 aliphatic heterocycles. The molecule has 3 aromatic rings. The molecule has 1 aromatic heterocycles. The van der Waals surface area contributed by atoms with Crippen LogP contribution in [0.3, 0.4) is 0 Å². The largest absolute Gasteiger partial charge is 0.359 e. The second kappa shape index (κ2) is 7.35. The Bertz CT molecular complexity index is 1020. The lowest BCUT2D eigenvalue weighted by Gasteiger charge is -2.07. The summed E-state index contributed by atoms with van der Waals surface area (Å²) in [5.41, 5.74) is 1.21. The summed E-state index contributed by atoms with van der Waals surface area (Å²) in [4.78, 5) is -0.104. The quantitative estimate of drug-likeness (QED) is 0.648. The Kier molecular flexibility index (Phi) is 5.36. The zero-order valence-electron chi connectivity index (χ0n) is 12.5. The number of nitrogens with zero attached hydrogens (tertiary/aromatic N) is 1. The number of rotatable bonds is 5. The van der Waals surface area contributed by atoms with Crippen LogP contribution < -0.4 is 4.72 Å². The Balaban J connectivity index is 1.78. The number of nitrogens with one attached hydrogen (secondary N) is 1. The van der Waals surface area contributed by atoms with E-state index in [-0.39, 0.29) is 21.5 Å². The van der Waals surface area contributed by atoms with Gasteiger partial charge in [0.1, 0.15) is 10.6 Å². The van der Waals surface area contributed by atoms with E-state index in [1.165, 1.54) is 18.2 Å². The highest BCUT2D eigenvalue weighted by Gasteiger charge is 2.19. The number of sulfonamides is 1. The average Bonchev–Trinajstić information content (AvgIpc) is 3.04. The zero-order valence-corrected chi connectivity index (χ0v) is 15.6. The topological polar surface area (TPSA) is 72.2 Å². The minimum Gasteiger partial charge on any atom is -0.359 e. The van der Waals surface area contributed by atoms with Gasteiger partial charge in [-0.05, 0) is 24.3 Å². The Morgan fingerprint density at radius 2 is 1.76 bits per heavy atom. The van der Waals surface area contributed by atoms with Crippen LogP contribution in [0, 0.1) is 0 Å². The summed E-state index contributed by atoms with van der Waals surface area (Å²) in [7, 11) is -3.86. The summed E-state index contributed by atoms with van der Waals surface area (Å²) >= 11 is 17.9. The third-order valence-electron chi connectivity index (χ3n) is 3.33. The second-order valence-electron chi connectivity index (χ2n) is 5.06. The first kappa shape index (κ1) is 18.2. The Morgan fingerprint density at radius 1 is 1.00 bits per heavy atom. The molecule has 130 valence electrons. The maximum Gasteiger partial charge on any atom is 0.242 e. The lowest BCUT2D eigenvalue weighted by Crippen LogP contribution is -2.23. The van der Waals surface area contributed by atoms with Crippen LogP contribution in [0.5, 0.6) is 0 Å². The highest BCUT2D eigenvalue weighted by molar-refractivity contribution is 7.89. The molecule has 0 saturated carbocycles. The van der Waals surface area contributed by atoms with Crippen LogP contribution in [0.1, 0.15) is 5.76 Å². The fourth-order valence-electron chi connectivity index (χ4n) is 2.12. The minimum absolute atomic E-state index is 0.0752. The van der Waals surface area contributed by atoms with Crippen LogP contribution in [0.25, 0.3) is 11.3 Å². The van der Waals surface area contributed by atoms with Gasteiger partial charge in [-0.3, -0.25) is 0 Å². The van der Waals surface area contributed by atoms with Gasteiger partial charge in [0.15, 0.2) is 5.76 Å². The van der Waals surface area contributed by atoms with Crippen LogP contribution in [-0.4, -0.2) is 13.6 Å². The van der Waals surface area contributed by atoms with Crippen molar-refractivity contribution in [2.24, 2.45) is 0 Å². The molecule has 0 fully saturated rings. The molecule has 0 atom stereocenters. The summed E-state index contributed by atoms with van der Waals surface area (Å²) in [5.74, 6) is 0.330. The monoisotopic (exact) mass is 416 g/mol. The lowest BCUT2D eigenvalue weighted by molar-refractivity contribution is 0.382. The molecule has 0 aliphatic carbocycles. The standard InChI is InChI=1S/C16H11Cl3N2O3S/c17-10-5-6-14(19)16(7-10)25(22,23)20-9-11-8-15(21-24-11)12-3-1-2-4-13(12)18/h1-8,20H,9H2. The third kappa shape index (κ3) is 4.16. The first-order valence-corrected chi connectivity index (χ1v) is 9.64. The molecule has 0 spiro atoms. The van der Waals surface area contributed by atoms with Crippen LogP contribution >= 0.6 is 34.8 Å². The summed E-state index contributed by atoms with van der Waals surface area (Å²) in [6.07, 6.45) is 0. The number of benzene rings is 2. The van der Waals surface area contributed by atoms with Crippen molar-refractivity contribution in [3.8, 4) is 11.3 Å². The molecular weight excluding hydrogens is 407 g/mol. The molecule has 2 aromatic carbocycles. The molecule has 0 radical (unpaired) electrons. The molecule has 1 heterocycles. The predicted molar refractivity (Wildman–Crippen MR) is 97.4 cm³/mol. The van der Waals surface area contributed by atoms with Crippen molar-refractivity contribution in [2.75, 3.05) is 0 Å². The first-order chi connectivity index (χ1) is 11.9.